The lowest BCUT2D eigenvalue weighted by Crippen LogP contribution is -2.30. The molecule has 5 heteroatoms. The van der Waals surface area contributed by atoms with E-state index in [0.29, 0.717) is 6.73 Å². The zero-order valence-electron chi connectivity index (χ0n) is 15.3. The van der Waals surface area contributed by atoms with Crippen LogP contribution in [0.25, 0.3) is 5.70 Å². The third-order valence-corrected chi connectivity index (χ3v) is 5.97. The number of nitrogens with one attached hydrogen (secondary N) is 1. The molecule has 1 aromatic heterocycles. The van der Waals surface area contributed by atoms with Gasteiger partial charge in [0.1, 0.15) is 12.9 Å². The SMILES string of the molecule is C[Si](C)(C)CCOCN1C=C(c2ccncc2)NC1c1ccccc1. The fourth-order valence-electron chi connectivity index (χ4n) is 2.77. The van der Waals surface area contributed by atoms with Crippen molar-refractivity contribution in [2.45, 2.75) is 31.9 Å². The van der Waals surface area contributed by atoms with E-state index in [-0.39, 0.29) is 6.17 Å². The zero-order chi connectivity index (χ0) is 17.7. The van der Waals surface area contributed by atoms with Crippen LogP contribution in [0.1, 0.15) is 17.3 Å². The maximum absolute atomic E-state index is 5.99. The van der Waals surface area contributed by atoms with Gasteiger partial charge in [0, 0.05) is 38.8 Å². The monoisotopic (exact) mass is 353 g/mol. The van der Waals surface area contributed by atoms with Gasteiger partial charge in [0.2, 0.25) is 0 Å². The van der Waals surface area contributed by atoms with E-state index in [2.05, 4.69) is 65.3 Å². The Hall–Kier alpha value is -2.11. The summed E-state index contributed by atoms with van der Waals surface area (Å²) in [4.78, 5) is 6.34. The lowest BCUT2D eigenvalue weighted by Gasteiger charge is -2.26. The molecule has 0 radical (unpaired) electrons. The topological polar surface area (TPSA) is 37.4 Å². The van der Waals surface area contributed by atoms with E-state index in [9.17, 15) is 0 Å². The molecule has 1 atom stereocenters. The average molecular weight is 354 g/mol. The highest BCUT2D eigenvalue weighted by atomic mass is 28.3. The molecule has 0 aliphatic carbocycles. The van der Waals surface area contributed by atoms with Crippen LogP contribution in [-0.2, 0) is 4.74 Å². The Labute approximate surface area is 151 Å². The Morgan fingerprint density at radius 1 is 1.08 bits per heavy atom. The third-order valence-electron chi connectivity index (χ3n) is 4.26. The van der Waals surface area contributed by atoms with Gasteiger partial charge in [0.15, 0.2) is 0 Å². The standard InChI is InChI=1S/C20H27N3OSi/c1-25(2,3)14-13-24-16-23-15-19(17-9-11-21-12-10-17)22-20(23)18-7-5-4-6-8-18/h4-12,15,20,22H,13-14,16H2,1-3H3. The quantitative estimate of drug-likeness (QED) is 0.595. The Morgan fingerprint density at radius 3 is 2.48 bits per heavy atom. The molecule has 1 aliphatic heterocycles. The summed E-state index contributed by atoms with van der Waals surface area (Å²) >= 11 is 0. The van der Waals surface area contributed by atoms with Crippen LogP contribution in [0.15, 0.2) is 61.1 Å². The molecule has 1 aliphatic rings. The second-order valence-electron chi connectivity index (χ2n) is 7.60. The molecule has 1 N–H and O–H groups in total. The molecule has 4 nitrogen and oxygen atoms in total. The molecular weight excluding hydrogens is 326 g/mol. The maximum Gasteiger partial charge on any atom is 0.127 e. The second kappa shape index (κ2) is 7.85. The van der Waals surface area contributed by atoms with Gasteiger partial charge in [-0.05, 0) is 23.7 Å². The molecule has 0 amide bonds. The van der Waals surface area contributed by atoms with Crippen molar-refractivity contribution < 1.29 is 4.74 Å². The number of pyridine rings is 1. The lowest BCUT2D eigenvalue weighted by molar-refractivity contribution is 0.0421. The average Bonchev–Trinajstić information content (AvgIpc) is 3.04. The van der Waals surface area contributed by atoms with Gasteiger partial charge in [-0.2, -0.15) is 0 Å². The van der Waals surface area contributed by atoms with Gasteiger partial charge in [0.05, 0.1) is 5.70 Å². The number of ether oxygens (including phenoxy) is 1. The van der Waals surface area contributed by atoms with E-state index in [4.69, 9.17) is 4.74 Å². The van der Waals surface area contributed by atoms with Crippen molar-refractivity contribution >= 4 is 13.8 Å². The van der Waals surface area contributed by atoms with Gasteiger partial charge in [0.25, 0.3) is 0 Å². The molecule has 132 valence electrons. The summed E-state index contributed by atoms with van der Waals surface area (Å²) in [5.41, 5.74) is 3.47. The van der Waals surface area contributed by atoms with Crippen molar-refractivity contribution in [3.63, 3.8) is 0 Å². The summed E-state index contributed by atoms with van der Waals surface area (Å²) in [6.07, 6.45) is 5.89. The van der Waals surface area contributed by atoms with Crippen molar-refractivity contribution in [2.24, 2.45) is 0 Å². The second-order valence-corrected chi connectivity index (χ2v) is 13.2. The van der Waals surface area contributed by atoms with E-state index >= 15 is 0 Å². The van der Waals surface area contributed by atoms with Gasteiger partial charge in [-0.25, -0.2) is 0 Å². The van der Waals surface area contributed by atoms with Gasteiger partial charge in [-0.3, -0.25) is 4.98 Å². The first-order chi connectivity index (χ1) is 12.0. The van der Waals surface area contributed by atoms with Crippen LogP contribution < -0.4 is 5.32 Å². The Morgan fingerprint density at radius 2 is 1.80 bits per heavy atom. The summed E-state index contributed by atoms with van der Waals surface area (Å²) in [6, 6.07) is 15.7. The third kappa shape index (κ3) is 4.93. The normalized spacial score (nSPS) is 17.3. The van der Waals surface area contributed by atoms with E-state index in [0.717, 1.165) is 17.9 Å². The number of aromatic nitrogens is 1. The van der Waals surface area contributed by atoms with Crippen LogP contribution in [0, 0.1) is 0 Å². The van der Waals surface area contributed by atoms with Gasteiger partial charge >= 0.3 is 0 Å². The van der Waals surface area contributed by atoms with Crippen LogP contribution in [0.2, 0.25) is 25.7 Å². The van der Waals surface area contributed by atoms with Crippen molar-refractivity contribution in [2.75, 3.05) is 13.3 Å². The van der Waals surface area contributed by atoms with E-state index < -0.39 is 8.07 Å². The van der Waals surface area contributed by atoms with E-state index in [1.54, 1.807) is 0 Å². The summed E-state index contributed by atoms with van der Waals surface area (Å²) in [5.74, 6) is 0. The molecule has 2 heterocycles. The van der Waals surface area contributed by atoms with Crippen LogP contribution >= 0.6 is 0 Å². The van der Waals surface area contributed by atoms with E-state index in [1.165, 1.54) is 11.6 Å². The Bertz CT molecular complexity index is 698. The van der Waals surface area contributed by atoms with Crippen LogP contribution in [0.4, 0.5) is 0 Å². The fourth-order valence-corrected chi connectivity index (χ4v) is 3.52. The van der Waals surface area contributed by atoms with Crippen molar-refractivity contribution in [1.82, 2.24) is 15.2 Å². The zero-order valence-corrected chi connectivity index (χ0v) is 16.3. The van der Waals surface area contributed by atoms with Crippen LogP contribution in [-0.4, -0.2) is 31.3 Å². The smallest absolute Gasteiger partial charge is 0.127 e. The lowest BCUT2D eigenvalue weighted by atomic mass is 10.1. The molecule has 25 heavy (non-hydrogen) atoms. The first-order valence-corrected chi connectivity index (χ1v) is 12.5. The summed E-state index contributed by atoms with van der Waals surface area (Å²) in [7, 11) is -1.06. The first-order valence-electron chi connectivity index (χ1n) is 8.80. The molecule has 3 rings (SSSR count). The van der Waals surface area contributed by atoms with Crippen molar-refractivity contribution in [3.8, 4) is 0 Å². The number of benzene rings is 1. The number of rotatable bonds is 7. The maximum atomic E-state index is 5.99. The van der Waals surface area contributed by atoms with Crippen LogP contribution in [0.5, 0.6) is 0 Å². The fraction of sp³-hybridized carbons (Fsp3) is 0.350. The molecule has 0 saturated carbocycles. The molecule has 2 aromatic rings. The van der Waals surface area contributed by atoms with Gasteiger partial charge < -0.3 is 15.0 Å². The number of hydrogen-bond donors (Lipinski definition) is 1. The van der Waals surface area contributed by atoms with Crippen molar-refractivity contribution in [1.29, 1.82) is 0 Å². The molecule has 0 bridgehead atoms. The van der Waals surface area contributed by atoms with Crippen LogP contribution in [0.3, 0.4) is 0 Å². The predicted octanol–water partition coefficient (Wildman–Crippen LogP) is 4.30. The minimum absolute atomic E-state index is 0.0937. The van der Waals surface area contributed by atoms with Gasteiger partial charge in [-0.15, -0.1) is 0 Å². The predicted molar refractivity (Wildman–Crippen MR) is 105 cm³/mol. The van der Waals surface area contributed by atoms with E-state index in [1.807, 2.05) is 30.6 Å². The molecule has 0 fully saturated rings. The highest BCUT2D eigenvalue weighted by Gasteiger charge is 2.26. The minimum atomic E-state index is -1.06. The highest BCUT2D eigenvalue weighted by molar-refractivity contribution is 6.76. The highest BCUT2D eigenvalue weighted by Crippen LogP contribution is 2.29. The molecule has 0 spiro atoms. The summed E-state index contributed by atoms with van der Waals surface area (Å²) in [6.45, 7) is 8.55. The summed E-state index contributed by atoms with van der Waals surface area (Å²) in [5, 5.41) is 3.62. The van der Waals surface area contributed by atoms with Crippen molar-refractivity contribution in [3.05, 3.63) is 72.2 Å². The molecule has 0 saturated heterocycles. The van der Waals surface area contributed by atoms with Gasteiger partial charge in [-0.1, -0.05) is 50.0 Å². The molecule has 1 aromatic carbocycles. The minimum Gasteiger partial charge on any atom is -0.361 e. The molecular formula is C20H27N3OSi. The number of hydrogen-bond acceptors (Lipinski definition) is 4. The molecule has 1 unspecified atom stereocenters. The Kier molecular flexibility index (Phi) is 5.55. The number of nitrogens with zero attached hydrogens (tertiary/aromatic N) is 2. The Balaban J connectivity index is 1.71. The summed E-state index contributed by atoms with van der Waals surface area (Å²) < 4.78 is 5.99. The largest absolute Gasteiger partial charge is 0.361 e. The first kappa shape index (κ1) is 17.7.